The zero-order valence-corrected chi connectivity index (χ0v) is 15.2. The third-order valence-corrected chi connectivity index (χ3v) is 4.91. The van der Waals surface area contributed by atoms with Crippen molar-refractivity contribution in [2.75, 3.05) is 0 Å². The molecule has 0 aromatic heterocycles. The highest BCUT2D eigenvalue weighted by atomic mass is 14.8. The fourth-order valence-electron chi connectivity index (χ4n) is 3.59. The first-order valence-corrected chi connectivity index (χ1v) is 9.15. The summed E-state index contributed by atoms with van der Waals surface area (Å²) >= 11 is 0. The van der Waals surface area contributed by atoms with Crippen LogP contribution in [0.1, 0.15) is 61.1 Å². The second-order valence-electron chi connectivity index (χ2n) is 6.44. The van der Waals surface area contributed by atoms with Crippen molar-refractivity contribution >= 4 is 17.4 Å². The van der Waals surface area contributed by atoms with E-state index in [0.29, 0.717) is 0 Å². The van der Waals surface area contributed by atoms with E-state index in [1.54, 1.807) is 0 Å². The van der Waals surface area contributed by atoms with Crippen LogP contribution in [0.2, 0.25) is 0 Å². The molecule has 0 N–H and O–H groups in total. The van der Waals surface area contributed by atoms with Crippen molar-refractivity contribution in [2.45, 2.75) is 59.8 Å². The minimum absolute atomic E-state index is 0.980. The molecular weight excluding hydrogens is 292 g/mol. The molecule has 6 rings (SSSR count). The van der Waals surface area contributed by atoms with Crippen molar-refractivity contribution in [2.24, 2.45) is 9.98 Å². The van der Waals surface area contributed by atoms with Gasteiger partial charge in [-0.3, -0.25) is 0 Å². The number of hydrogen-bond acceptors (Lipinski definition) is 2. The molecule has 24 heavy (non-hydrogen) atoms. The Morgan fingerprint density at radius 2 is 1.00 bits per heavy atom. The van der Waals surface area contributed by atoms with Gasteiger partial charge >= 0.3 is 0 Å². The zero-order chi connectivity index (χ0) is 17.1. The van der Waals surface area contributed by atoms with Gasteiger partial charge in [0.1, 0.15) is 6.01 Å². The zero-order valence-electron chi connectivity index (χ0n) is 15.2. The van der Waals surface area contributed by atoms with E-state index in [1.165, 1.54) is 33.4 Å². The van der Waals surface area contributed by atoms with E-state index in [4.69, 9.17) is 0 Å². The molecular formula is C22H26N2. The summed E-state index contributed by atoms with van der Waals surface area (Å²) < 4.78 is 0. The lowest BCUT2D eigenvalue weighted by Gasteiger charge is -2.15. The van der Waals surface area contributed by atoms with Crippen molar-refractivity contribution in [1.29, 1.82) is 0 Å². The summed E-state index contributed by atoms with van der Waals surface area (Å²) in [4.78, 5) is 9.28. The maximum Gasteiger partial charge on any atom is 0.101 e. The first-order valence-electron chi connectivity index (χ1n) is 9.15. The highest BCUT2D eigenvalue weighted by Gasteiger charge is 2.13. The molecule has 4 heterocycles. The maximum absolute atomic E-state index is 4.64. The summed E-state index contributed by atoms with van der Waals surface area (Å²) in [6.45, 7) is 8.77. The molecule has 2 aromatic carbocycles. The summed E-state index contributed by atoms with van der Waals surface area (Å²) in [5, 5.41) is 0. The van der Waals surface area contributed by atoms with E-state index in [2.05, 4.69) is 68.0 Å². The molecule has 0 radical (unpaired) electrons. The van der Waals surface area contributed by atoms with Gasteiger partial charge in [0.05, 0.1) is 11.4 Å². The molecule has 0 atom stereocenters. The molecule has 0 saturated carbocycles. The number of aryl methyl sites for hydroxylation is 4. The predicted octanol–water partition coefficient (Wildman–Crippen LogP) is 5.98. The second-order valence-corrected chi connectivity index (χ2v) is 6.44. The van der Waals surface area contributed by atoms with Gasteiger partial charge in [-0.2, -0.15) is 9.98 Å². The molecule has 4 aliphatic heterocycles. The van der Waals surface area contributed by atoms with E-state index in [9.17, 15) is 0 Å². The molecule has 0 spiro atoms. The minimum atomic E-state index is 0.980. The molecule has 124 valence electrons. The number of benzene rings is 2. The summed E-state index contributed by atoms with van der Waals surface area (Å²) in [7, 11) is 0. The van der Waals surface area contributed by atoms with Gasteiger partial charge in [0.15, 0.2) is 0 Å². The van der Waals surface area contributed by atoms with Gasteiger partial charge in [0.2, 0.25) is 0 Å². The van der Waals surface area contributed by atoms with E-state index in [0.717, 1.165) is 43.5 Å². The molecule has 2 nitrogen and oxygen atoms in total. The van der Waals surface area contributed by atoms with Crippen molar-refractivity contribution in [1.82, 2.24) is 0 Å². The van der Waals surface area contributed by atoms with Crippen molar-refractivity contribution in [3.8, 4) is 0 Å². The largest absolute Gasteiger partial charge is 0.187 e. The predicted molar refractivity (Wildman–Crippen MR) is 102 cm³/mol. The van der Waals surface area contributed by atoms with Crippen LogP contribution in [0, 0.1) is 0 Å². The lowest BCUT2D eigenvalue weighted by Crippen LogP contribution is -1.99. The average molecular weight is 318 g/mol. The highest BCUT2D eigenvalue weighted by Crippen LogP contribution is 2.32. The van der Waals surface area contributed by atoms with Gasteiger partial charge in [-0.05, 0) is 65.5 Å². The summed E-state index contributed by atoms with van der Waals surface area (Å²) in [6.07, 6.45) is 4.92. The second kappa shape index (κ2) is 7.15. The summed E-state index contributed by atoms with van der Waals surface area (Å²) in [5.74, 6) is 0. The molecule has 0 amide bonds. The van der Waals surface area contributed by atoms with Crippen LogP contribution in [0.4, 0.5) is 11.4 Å². The number of aliphatic imine (C=N–C) groups is 2. The number of nitrogens with zero attached hydrogens (tertiary/aromatic N) is 2. The molecule has 0 unspecified atom stereocenters. The maximum atomic E-state index is 4.64. The van der Waals surface area contributed by atoms with E-state index in [1.807, 2.05) is 0 Å². The average Bonchev–Trinajstić information content (AvgIpc) is 2.60. The molecule has 0 aliphatic carbocycles. The van der Waals surface area contributed by atoms with Crippen molar-refractivity contribution in [3.63, 3.8) is 0 Å². The van der Waals surface area contributed by atoms with Gasteiger partial charge in [-0.1, -0.05) is 52.0 Å². The van der Waals surface area contributed by atoms with Crippen LogP contribution in [0.15, 0.2) is 34.3 Å². The Labute approximate surface area is 145 Å². The fraction of sp³-hybridized carbons (Fsp3) is 0.409. The lowest BCUT2D eigenvalue weighted by molar-refractivity contribution is 1.03. The van der Waals surface area contributed by atoms with Gasteiger partial charge < -0.3 is 0 Å². The minimum Gasteiger partial charge on any atom is -0.187 e. The van der Waals surface area contributed by atoms with Crippen LogP contribution in [0.25, 0.3) is 0 Å². The number of rotatable bonds is 4. The van der Waals surface area contributed by atoms with Crippen LogP contribution in [0.5, 0.6) is 0 Å². The molecule has 2 heteroatoms. The van der Waals surface area contributed by atoms with Crippen molar-refractivity contribution < 1.29 is 0 Å². The Bertz CT molecular complexity index is 708. The monoisotopic (exact) mass is 318 g/mol. The molecule has 4 bridgehead atoms. The SMILES string of the molecule is CCc1cc2cc(CC)c1N=C=Nc1c(CC)cc(cc1CC)C2. The molecule has 0 fully saturated rings. The van der Waals surface area contributed by atoms with Crippen LogP contribution in [-0.2, 0) is 32.1 Å². The summed E-state index contributed by atoms with van der Waals surface area (Å²) in [6, 6.07) is 12.3. The first kappa shape index (κ1) is 16.7. The highest BCUT2D eigenvalue weighted by molar-refractivity contribution is 5.67. The van der Waals surface area contributed by atoms with E-state index < -0.39 is 0 Å². The third kappa shape index (κ3) is 3.07. The standard InChI is InChI=1S/C22H26N2/c1-5-17-10-15-9-16-12-19(7-3)22(20(8-4)13-16)24-14-23-21(17)18(6-2)11-15/h10-13H,5-9H2,1-4H3. The van der Waals surface area contributed by atoms with Gasteiger partial charge in [-0.15, -0.1) is 0 Å². The van der Waals surface area contributed by atoms with Gasteiger partial charge in [0.25, 0.3) is 0 Å². The molecule has 0 saturated heterocycles. The Morgan fingerprint density at radius 1 is 0.667 bits per heavy atom. The van der Waals surface area contributed by atoms with Crippen molar-refractivity contribution in [3.05, 3.63) is 57.6 Å². The van der Waals surface area contributed by atoms with Gasteiger partial charge in [0, 0.05) is 0 Å². The lowest BCUT2D eigenvalue weighted by atomic mass is 9.92. The van der Waals surface area contributed by atoms with Gasteiger partial charge in [-0.25, -0.2) is 0 Å². The Hall–Kier alpha value is -2.18. The topological polar surface area (TPSA) is 24.7 Å². The normalized spacial score (nSPS) is 12.5. The van der Waals surface area contributed by atoms with Crippen LogP contribution >= 0.6 is 0 Å². The molecule has 4 aliphatic rings. The van der Waals surface area contributed by atoms with Crippen LogP contribution in [-0.4, -0.2) is 6.01 Å². The Morgan fingerprint density at radius 3 is 1.29 bits per heavy atom. The third-order valence-electron chi connectivity index (χ3n) is 4.91. The summed E-state index contributed by atoms with van der Waals surface area (Å²) in [5.41, 5.74) is 10.1. The van der Waals surface area contributed by atoms with Crippen LogP contribution in [0.3, 0.4) is 0 Å². The van der Waals surface area contributed by atoms with E-state index in [-0.39, 0.29) is 0 Å². The Balaban J connectivity index is 2.31. The van der Waals surface area contributed by atoms with E-state index >= 15 is 0 Å². The first-order chi connectivity index (χ1) is 11.7. The number of hydrogen-bond donors (Lipinski definition) is 0. The van der Waals surface area contributed by atoms with Crippen LogP contribution < -0.4 is 0 Å². The smallest absolute Gasteiger partial charge is 0.101 e. The molecule has 2 aromatic rings. The quantitative estimate of drug-likeness (QED) is 0.565. The fourth-order valence-corrected chi connectivity index (χ4v) is 3.59. The Kier molecular flexibility index (Phi) is 4.97.